The number of benzene rings is 1. The van der Waals surface area contributed by atoms with Crippen LogP contribution >= 0.6 is 0 Å². The summed E-state index contributed by atoms with van der Waals surface area (Å²) in [5, 5.41) is 8.55. The number of nitrogens with zero attached hydrogens (tertiary/aromatic N) is 1. The molecular formula is C11H9NO2. The van der Waals surface area contributed by atoms with E-state index in [2.05, 4.69) is 6.58 Å². The molecule has 1 aromatic rings. The summed E-state index contributed by atoms with van der Waals surface area (Å²) >= 11 is 0. The van der Waals surface area contributed by atoms with Crippen LogP contribution in [0.5, 0.6) is 0 Å². The van der Waals surface area contributed by atoms with E-state index in [4.69, 9.17) is 10.00 Å². The zero-order valence-corrected chi connectivity index (χ0v) is 7.78. The zero-order chi connectivity index (χ0) is 10.6. The highest BCUT2D eigenvalue weighted by molar-refractivity contribution is 5.75. The average molecular weight is 187 g/mol. The molecule has 3 nitrogen and oxygen atoms in total. The summed E-state index contributed by atoms with van der Waals surface area (Å²) in [6.07, 6.45) is 0. The van der Waals surface area contributed by atoms with Gasteiger partial charge in [0, 0.05) is 12.5 Å². The molecule has 0 bridgehead atoms. The Morgan fingerprint density at radius 3 is 2.43 bits per heavy atom. The number of rotatable bonds is 2. The first kappa shape index (κ1) is 10.0. The molecule has 0 aliphatic rings. The van der Waals surface area contributed by atoms with Gasteiger partial charge in [0.2, 0.25) is 0 Å². The van der Waals surface area contributed by atoms with Crippen LogP contribution in [-0.2, 0) is 9.53 Å². The molecule has 0 N–H and O–H groups in total. The van der Waals surface area contributed by atoms with Gasteiger partial charge in [0.05, 0.1) is 11.6 Å². The monoisotopic (exact) mass is 187 g/mol. The van der Waals surface area contributed by atoms with E-state index in [1.165, 1.54) is 6.92 Å². The van der Waals surface area contributed by atoms with Crippen molar-refractivity contribution >= 4 is 11.7 Å². The van der Waals surface area contributed by atoms with Gasteiger partial charge in [0.15, 0.2) is 0 Å². The molecule has 70 valence electrons. The second-order valence-electron chi connectivity index (χ2n) is 2.71. The maximum absolute atomic E-state index is 10.6. The molecule has 1 rings (SSSR count). The molecule has 0 aliphatic carbocycles. The van der Waals surface area contributed by atoms with Crippen LogP contribution in [0.1, 0.15) is 18.1 Å². The smallest absolute Gasteiger partial charge is 0.308 e. The minimum atomic E-state index is -0.403. The fourth-order valence-corrected chi connectivity index (χ4v) is 0.963. The number of carbonyl (C=O) groups is 1. The van der Waals surface area contributed by atoms with Crippen LogP contribution in [0.2, 0.25) is 0 Å². The quantitative estimate of drug-likeness (QED) is 0.526. The Morgan fingerprint density at radius 2 is 2.00 bits per heavy atom. The molecule has 0 aromatic heterocycles. The third-order valence-corrected chi connectivity index (χ3v) is 1.60. The van der Waals surface area contributed by atoms with Gasteiger partial charge < -0.3 is 4.74 Å². The molecule has 0 heterocycles. The summed E-state index contributed by atoms with van der Waals surface area (Å²) < 4.78 is 4.79. The summed E-state index contributed by atoms with van der Waals surface area (Å²) in [5.41, 5.74) is 1.25. The van der Waals surface area contributed by atoms with Gasteiger partial charge in [0.1, 0.15) is 5.76 Å². The van der Waals surface area contributed by atoms with Gasteiger partial charge >= 0.3 is 5.97 Å². The van der Waals surface area contributed by atoms with Crippen molar-refractivity contribution in [3.8, 4) is 6.07 Å². The zero-order valence-electron chi connectivity index (χ0n) is 7.78. The molecule has 0 saturated heterocycles. The van der Waals surface area contributed by atoms with E-state index < -0.39 is 5.97 Å². The van der Waals surface area contributed by atoms with Crippen LogP contribution in [0.15, 0.2) is 30.8 Å². The van der Waals surface area contributed by atoms with E-state index in [0.717, 1.165) is 0 Å². The van der Waals surface area contributed by atoms with Crippen molar-refractivity contribution < 1.29 is 9.53 Å². The predicted octanol–water partition coefficient (Wildman–Crippen LogP) is 2.09. The first-order valence-corrected chi connectivity index (χ1v) is 4.01. The molecule has 0 aliphatic heterocycles. The lowest BCUT2D eigenvalue weighted by Gasteiger charge is -2.04. The van der Waals surface area contributed by atoms with E-state index in [0.29, 0.717) is 16.9 Å². The molecule has 0 radical (unpaired) electrons. The standard InChI is InChI=1S/C11H9NO2/c1-8(14-9(2)13)11-5-3-10(7-12)4-6-11/h3-6H,1H2,2H3. The lowest BCUT2D eigenvalue weighted by atomic mass is 10.1. The SMILES string of the molecule is C=C(OC(C)=O)c1ccc(C#N)cc1. The van der Waals surface area contributed by atoms with Gasteiger partial charge in [0.25, 0.3) is 0 Å². The van der Waals surface area contributed by atoms with Crippen molar-refractivity contribution in [2.45, 2.75) is 6.92 Å². The summed E-state index contributed by atoms with van der Waals surface area (Å²) in [5.74, 6) is -0.110. The summed E-state index contributed by atoms with van der Waals surface area (Å²) in [7, 11) is 0. The first-order chi connectivity index (χ1) is 6.63. The lowest BCUT2D eigenvalue weighted by molar-refractivity contribution is -0.134. The van der Waals surface area contributed by atoms with Crippen LogP contribution in [0.25, 0.3) is 5.76 Å². The lowest BCUT2D eigenvalue weighted by Crippen LogP contribution is -1.96. The van der Waals surface area contributed by atoms with Crippen molar-refractivity contribution in [3.63, 3.8) is 0 Å². The Labute approximate surface area is 82.2 Å². The maximum atomic E-state index is 10.6. The van der Waals surface area contributed by atoms with Crippen LogP contribution in [0, 0.1) is 11.3 Å². The number of esters is 1. The van der Waals surface area contributed by atoms with Gasteiger partial charge in [-0.25, -0.2) is 0 Å². The number of carbonyl (C=O) groups excluding carboxylic acids is 1. The van der Waals surface area contributed by atoms with Crippen molar-refractivity contribution in [2.75, 3.05) is 0 Å². The van der Waals surface area contributed by atoms with Crippen LogP contribution in [0.4, 0.5) is 0 Å². The van der Waals surface area contributed by atoms with E-state index in [-0.39, 0.29) is 0 Å². The summed E-state index contributed by atoms with van der Waals surface area (Å²) in [4.78, 5) is 10.6. The molecule has 1 aromatic carbocycles. The molecule has 0 spiro atoms. The van der Waals surface area contributed by atoms with Gasteiger partial charge in [-0.15, -0.1) is 0 Å². The Kier molecular flexibility index (Phi) is 3.03. The molecule has 0 amide bonds. The highest BCUT2D eigenvalue weighted by atomic mass is 16.5. The topological polar surface area (TPSA) is 50.1 Å². The molecule has 0 fully saturated rings. The van der Waals surface area contributed by atoms with Crippen LogP contribution in [-0.4, -0.2) is 5.97 Å². The van der Waals surface area contributed by atoms with Crippen molar-refractivity contribution in [2.24, 2.45) is 0 Å². The van der Waals surface area contributed by atoms with Crippen LogP contribution in [0.3, 0.4) is 0 Å². The third-order valence-electron chi connectivity index (χ3n) is 1.60. The highest BCUT2D eigenvalue weighted by Gasteiger charge is 2.02. The van der Waals surface area contributed by atoms with Gasteiger partial charge in [-0.2, -0.15) is 5.26 Å². The fraction of sp³-hybridized carbons (Fsp3) is 0.0909. The van der Waals surface area contributed by atoms with Crippen molar-refractivity contribution in [1.29, 1.82) is 5.26 Å². The minimum absolute atomic E-state index is 0.294. The Balaban J connectivity index is 2.83. The maximum Gasteiger partial charge on any atom is 0.308 e. The fourth-order valence-electron chi connectivity index (χ4n) is 0.963. The Hall–Kier alpha value is -2.08. The number of ether oxygens (including phenoxy) is 1. The second-order valence-corrected chi connectivity index (χ2v) is 2.71. The normalized spacial score (nSPS) is 8.86. The average Bonchev–Trinajstić information content (AvgIpc) is 2.17. The number of hydrogen-bond donors (Lipinski definition) is 0. The predicted molar refractivity (Wildman–Crippen MR) is 52.0 cm³/mol. The molecule has 14 heavy (non-hydrogen) atoms. The first-order valence-electron chi connectivity index (χ1n) is 4.01. The number of nitriles is 1. The van der Waals surface area contributed by atoms with Crippen LogP contribution < -0.4 is 0 Å². The molecule has 3 heteroatoms. The van der Waals surface area contributed by atoms with Crippen molar-refractivity contribution in [3.05, 3.63) is 42.0 Å². The van der Waals surface area contributed by atoms with Crippen molar-refractivity contribution in [1.82, 2.24) is 0 Å². The number of hydrogen-bond acceptors (Lipinski definition) is 3. The van der Waals surface area contributed by atoms with E-state index in [9.17, 15) is 4.79 Å². The largest absolute Gasteiger partial charge is 0.427 e. The molecule has 0 saturated carbocycles. The Bertz CT molecular complexity index is 398. The summed E-state index contributed by atoms with van der Waals surface area (Å²) in [6, 6.07) is 8.65. The van der Waals surface area contributed by atoms with E-state index in [1.54, 1.807) is 24.3 Å². The molecule has 0 atom stereocenters. The molecular weight excluding hydrogens is 178 g/mol. The van der Waals surface area contributed by atoms with Gasteiger partial charge in [-0.05, 0) is 24.3 Å². The Morgan fingerprint density at radius 1 is 1.43 bits per heavy atom. The highest BCUT2D eigenvalue weighted by Crippen LogP contribution is 2.14. The summed E-state index contributed by atoms with van der Waals surface area (Å²) in [6.45, 7) is 4.91. The third kappa shape index (κ3) is 2.46. The van der Waals surface area contributed by atoms with E-state index >= 15 is 0 Å². The molecule has 0 unspecified atom stereocenters. The second kappa shape index (κ2) is 4.24. The van der Waals surface area contributed by atoms with Gasteiger partial charge in [-0.1, -0.05) is 6.58 Å². The minimum Gasteiger partial charge on any atom is -0.427 e. The van der Waals surface area contributed by atoms with Gasteiger partial charge in [-0.3, -0.25) is 4.79 Å². The van der Waals surface area contributed by atoms with E-state index in [1.807, 2.05) is 6.07 Å².